The topological polar surface area (TPSA) is 105 Å². The highest BCUT2D eigenvalue weighted by Crippen LogP contribution is 2.14. The van der Waals surface area contributed by atoms with Crippen molar-refractivity contribution in [2.75, 3.05) is 18.6 Å². The van der Waals surface area contributed by atoms with E-state index in [9.17, 15) is 14.9 Å². The standard InChI is InChI=1S/C24H22N4O4S/c1-16-13-17(2)28(23(30)21(16)15-25)27-24(33)26-22(29)18-7-6-10-20(14-18)32-12-11-31-19-8-4-3-5-9-19/h3-10,13-14H,11-12H2,1-2H3,(H2,26,27,29,33). The fraction of sp³-hybridized carbons (Fsp3) is 0.167. The molecule has 0 unspecified atom stereocenters. The van der Waals surface area contributed by atoms with Crippen molar-refractivity contribution in [2.45, 2.75) is 13.8 Å². The van der Waals surface area contributed by atoms with Gasteiger partial charge in [-0.1, -0.05) is 24.3 Å². The summed E-state index contributed by atoms with van der Waals surface area (Å²) in [6.45, 7) is 4.02. The van der Waals surface area contributed by atoms with Gasteiger partial charge in [0.1, 0.15) is 36.3 Å². The number of nitrogens with one attached hydrogen (secondary N) is 2. The Morgan fingerprint density at radius 1 is 1.03 bits per heavy atom. The van der Waals surface area contributed by atoms with Crippen molar-refractivity contribution in [2.24, 2.45) is 0 Å². The van der Waals surface area contributed by atoms with Gasteiger partial charge in [0.2, 0.25) is 0 Å². The molecule has 3 aromatic rings. The predicted molar refractivity (Wildman–Crippen MR) is 128 cm³/mol. The van der Waals surface area contributed by atoms with Gasteiger partial charge in [-0.15, -0.1) is 0 Å². The third-order valence-corrected chi connectivity index (χ3v) is 4.80. The van der Waals surface area contributed by atoms with E-state index in [4.69, 9.17) is 21.7 Å². The lowest BCUT2D eigenvalue weighted by molar-refractivity contribution is 0.0977. The SMILES string of the molecule is Cc1cc(C)n(NC(=S)NC(=O)c2cccc(OCCOc3ccccc3)c2)c(=O)c1C#N. The molecule has 9 heteroatoms. The van der Waals surface area contributed by atoms with E-state index in [1.54, 1.807) is 44.2 Å². The van der Waals surface area contributed by atoms with E-state index in [1.165, 1.54) is 0 Å². The van der Waals surface area contributed by atoms with Crippen molar-refractivity contribution < 1.29 is 14.3 Å². The Hall–Kier alpha value is -4.16. The van der Waals surface area contributed by atoms with Crippen LogP contribution in [0.5, 0.6) is 11.5 Å². The molecule has 2 N–H and O–H groups in total. The summed E-state index contributed by atoms with van der Waals surface area (Å²) in [5.74, 6) is 0.777. The molecule has 3 rings (SSSR count). The van der Waals surface area contributed by atoms with E-state index in [2.05, 4.69) is 10.7 Å². The maximum Gasteiger partial charge on any atom is 0.287 e. The zero-order valence-corrected chi connectivity index (χ0v) is 18.9. The summed E-state index contributed by atoms with van der Waals surface area (Å²) in [6, 6.07) is 19.6. The number of rotatable bonds is 7. The zero-order chi connectivity index (χ0) is 23.8. The monoisotopic (exact) mass is 462 g/mol. The molecule has 0 saturated heterocycles. The fourth-order valence-corrected chi connectivity index (χ4v) is 3.22. The number of aryl methyl sites for hydroxylation is 2. The van der Waals surface area contributed by atoms with Crippen LogP contribution in [0.15, 0.2) is 65.5 Å². The van der Waals surface area contributed by atoms with Gasteiger partial charge in [-0.05, 0) is 68.0 Å². The number of nitrogens with zero attached hydrogens (tertiary/aromatic N) is 2. The van der Waals surface area contributed by atoms with Crippen molar-refractivity contribution in [3.63, 3.8) is 0 Å². The average molecular weight is 463 g/mol. The Morgan fingerprint density at radius 2 is 1.70 bits per heavy atom. The van der Waals surface area contributed by atoms with Crippen LogP contribution in [-0.4, -0.2) is 28.9 Å². The van der Waals surface area contributed by atoms with Gasteiger partial charge in [0.25, 0.3) is 11.5 Å². The largest absolute Gasteiger partial charge is 0.490 e. The number of carbonyl (C=O) groups is 1. The maximum absolute atomic E-state index is 12.6. The summed E-state index contributed by atoms with van der Waals surface area (Å²) in [5, 5.41) is 11.6. The molecule has 0 saturated carbocycles. The van der Waals surface area contributed by atoms with Crippen LogP contribution < -0.4 is 25.8 Å². The maximum atomic E-state index is 12.6. The highest BCUT2D eigenvalue weighted by atomic mass is 32.1. The van der Waals surface area contributed by atoms with E-state index in [1.807, 2.05) is 36.4 Å². The minimum Gasteiger partial charge on any atom is -0.490 e. The molecule has 0 bridgehead atoms. The lowest BCUT2D eigenvalue weighted by atomic mass is 10.1. The normalized spacial score (nSPS) is 10.1. The van der Waals surface area contributed by atoms with E-state index in [0.29, 0.717) is 35.8 Å². The van der Waals surface area contributed by atoms with Crippen molar-refractivity contribution in [3.05, 3.63) is 93.4 Å². The number of hydrogen-bond acceptors (Lipinski definition) is 6. The number of para-hydroxylation sites is 1. The van der Waals surface area contributed by atoms with Crippen molar-refractivity contribution in [3.8, 4) is 17.6 Å². The minimum absolute atomic E-state index is 0.00307. The first kappa shape index (κ1) is 23.5. The second-order valence-electron chi connectivity index (χ2n) is 7.03. The summed E-state index contributed by atoms with van der Waals surface area (Å²) in [5.41, 5.74) is 3.56. The van der Waals surface area contributed by atoms with Gasteiger partial charge in [0, 0.05) is 11.3 Å². The summed E-state index contributed by atoms with van der Waals surface area (Å²) in [7, 11) is 0. The number of ether oxygens (including phenoxy) is 2. The summed E-state index contributed by atoms with van der Waals surface area (Å²) >= 11 is 5.18. The average Bonchev–Trinajstić information content (AvgIpc) is 2.80. The molecule has 33 heavy (non-hydrogen) atoms. The number of hydrogen-bond donors (Lipinski definition) is 2. The molecule has 0 radical (unpaired) electrons. The van der Waals surface area contributed by atoms with Crippen LogP contribution >= 0.6 is 12.2 Å². The van der Waals surface area contributed by atoms with Gasteiger partial charge < -0.3 is 9.47 Å². The van der Waals surface area contributed by atoms with Crippen LogP contribution in [0.2, 0.25) is 0 Å². The number of benzene rings is 2. The molecule has 0 atom stereocenters. The quantitative estimate of drug-likeness (QED) is 0.411. The van der Waals surface area contributed by atoms with Crippen LogP contribution in [-0.2, 0) is 0 Å². The Bertz CT molecular complexity index is 1270. The molecule has 2 aromatic carbocycles. The van der Waals surface area contributed by atoms with Gasteiger partial charge in [0.05, 0.1) is 0 Å². The second kappa shape index (κ2) is 10.9. The minimum atomic E-state index is -0.542. The summed E-state index contributed by atoms with van der Waals surface area (Å²) in [4.78, 5) is 25.1. The van der Waals surface area contributed by atoms with Crippen LogP contribution in [0.1, 0.15) is 27.2 Å². The third-order valence-electron chi connectivity index (χ3n) is 4.60. The molecule has 0 aliphatic rings. The van der Waals surface area contributed by atoms with Gasteiger partial charge in [-0.2, -0.15) is 5.26 Å². The van der Waals surface area contributed by atoms with E-state index in [-0.39, 0.29) is 10.7 Å². The number of thiocarbonyl (C=S) groups is 1. The van der Waals surface area contributed by atoms with Gasteiger partial charge in [-0.3, -0.25) is 20.3 Å². The lowest BCUT2D eigenvalue weighted by Crippen LogP contribution is -2.43. The van der Waals surface area contributed by atoms with Gasteiger partial charge in [-0.25, -0.2) is 4.68 Å². The Morgan fingerprint density at radius 3 is 2.39 bits per heavy atom. The third kappa shape index (κ3) is 6.18. The van der Waals surface area contributed by atoms with E-state index >= 15 is 0 Å². The molecule has 1 heterocycles. The fourth-order valence-electron chi connectivity index (χ4n) is 3.03. The van der Waals surface area contributed by atoms with Gasteiger partial charge >= 0.3 is 0 Å². The molecule has 1 aromatic heterocycles. The second-order valence-corrected chi connectivity index (χ2v) is 7.44. The van der Waals surface area contributed by atoms with E-state index in [0.717, 1.165) is 10.4 Å². The summed E-state index contributed by atoms with van der Waals surface area (Å²) in [6.07, 6.45) is 0. The van der Waals surface area contributed by atoms with Gasteiger partial charge in [0.15, 0.2) is 5.11 Å². The smallest absolute Gasteiger partial charge is 0.287 e. The first-order valence-corrected chi connectivity index (χ1v) is 10.5. The van der Waals surface area contributed by atoms with Crippen molar-refractivity contribution in [1.29, 1.82) is 5.26 Å². The van der Waals surface area contributed by atoms with Crippen molar-refractivity contribution >= 4 is 23.2 Å². The molecule has 0 fully saturated rings. The Labute approximate surface area is 196 Å². The number of nitriles is 1. The number of aromatic nitrogens is 1. The number of carbonyl (C=O) groups excluding carboxylic acids is 1. The highest BCUT2D eigenvalue weighted by Gasteiger charge is 2.13. The molecule has 168 valence electrons. The van der Waals surface area contributed by atoms with Crippen LogP contribution in [0.25, 0.3) is 0 Å². The predicted octanol–water partition coefficient (Wildman–Crippen LogP) is 3.05. The highest BCUT2D eigenvalue weighted by molar-refractivity contribution is 7.80. The summed E-state index contributed by atoms with van der Waals surface area (Å²) < 4.78 is 12.4. The number of amides is 1. The van der Waals surface area contributed by atoms with Crippen LogP contribution in [0.4, 0.5) is 0 Å². The number of pyridine rings is 1. The first-order chi connectivity index (χ1) is 15.9. The van der Waals surface area contributed by atoms with Crippen molar-refractivity contribution in [1.82, 2.24) is 9.99 Å². The molecule has 0 spiro atoms. The Kier molecular flexibility index (Phi) is 7.78. The molecular formula is C24H22N4O4S. The Balaban J connectivity index is 1.58. The van der Waals surface area contributed by atoms with E-state index < -0.39 is 11.5 Å². The van der Waals surface area contributed by atoms with Crippen LogP contribution in [0.3, 0.4) is 0 Å². The molecule has 0 aliphatic carbocycles. The zero-order valence-electron chi connectivity index (χ0n) is 18.1. The molecule has 0 aliphatic heterocycles. The molecule has 8 nitrogen and oxygen atoms in total. The molecule has 1 amide bonds. The molecular weight excluding hydrogens is 440 g/mol. The van der Waals surface area contributed by atoms with Crippen LogP contribution in [0, 0.1) is 25.2 Å². The first-order valence-electron chi connectivity index (χ1n) is 10.1. The lowest BCUT2D eigenvalue weighted by Gasteiger charge is -2.15.